The van der Waals surface area contributed by atoms with Crippen LogP contribution in [0.1, 0.15) is 47.7 Å². The second-order valence-electron chi connectivity index (χ2n) is 11.8. The highest BCUT2D eigenvalue weighted by Gasteiger charge is 2.34. The normalized spacial score (nSPS) is 16.8. The minimum absolute atomic E-state index is 0.00873. The topological polar surface area (TPSA) is 82.9 Å². The van der Waals surface area contributed by atoms with Gasteiger partial charge >= 0.3 is 0 Å². The fourth-order valence-electron chi connectivity index (χ4n) is 6.56. The zero-order valence-electron chi connectivity index (χ0n) is 24.8. The molecule has 3 aliphatic heterocycles. The first-order chi connectivity index (χ1) is 21.6. The van der Waals surface area contributed by atoms with Gasteiger partial charge in [-0.05, 0) is 129 Å². The number of amides is 1. The molecular weight excluding hydrogens is 787 g/mol. The molecule has 1 amide bonds. The quantitative estimate of drug-likeness (QED) is 0.153. The van der Waals surface area contributed by atoms with Gasteiger partial charge in [-0.15, -0.1) is 0 Å². The minimum Gasteiger partial charge on any atom is -0.311 e. The SMILES string of the molecule is CC(=O)n1ccc2cc(Br)c(S(=O)(=O)N3CCc4ccc(CC(=O)N5CCc6cc(I)c(SN7CCCCC7)cc65)cc43)cc21. The number of nitrogens with zero attached hydrogens (tertiary/aromatic N) is 4. The molecule has 3 aliphatic rings. The predicted octanol–water partition coefficient (Wildman–Crippen LogP) is 7.04. The van der Waals surface area contributed by atoms with Crippen LogP contribution in [-0.2, 0) is 34.1 Å². The van der Waals surface area contributed by atoms with Crippen LogP contribution in [0.3, 0.4) is 0 Å². The number of carbonyl (C=O) groups excluding carboxylic acids is 2. The van der Waals surface area contributed by atoms with Crippen LogP contribution < -0.4 is 9.21 Å². The number of carbonyl (C=O) groups is 2. The van der Waals surface area contributed by atoms with Crippen LogP contribution >= 0.6 is 50.5 Å². The Morgan fingerprint density at radius 1 is 0.911 bits per heavy atom. The van der Waals surface area contributed by atoms with Crippen LogP contribution in [0.2, 0.25) is 0 Å². The van der Waals surface area contributed by atoms with Gasteiger partial charge in [0, 0.05) is 63.3 Å². The lowest BCUT2D eigenvalue weighted by Gasteiger charge is -2.26. The Morgan fingerprint density at radius 2 is 1.69 bits per heavy atom. The largest absolute Gasteiger partial charge is 0.311 e. The van der Waals surface area contributed by atoms with Crippen LogP contribution in [-0.4, -0.2) is 55.3 Å². The number of aromatic nitrogens is 1. The van der Waals surface area contributed by atoms with Gasteiger partial charge in [0.05, 0.1) is 17.6 Å². The number of fused-ring (bicyclic) bond motifs is 3. The lowest BCUT2D eigenvalue weighted by atomic mass is 10.1. The average molecular weight is 820 g/mol. The summed E-state index contributed by atoms with van der Waals surface area (Å²) in [4.78, 5) is 29.1. The fourth-order valence-corrected chi connectivity index (χ4v) is 11.0. The molecule has 3 aromatic carbocycles. The number of benzene rings is 3. The van der Waals surface area contributed by atoms with Gasteiger partial charge in [0.25, 0.3) is 10.0 Å². The molecule has 0 atom stereocenters. The Morgan fingerprint density at radius 3 is 2.47 bits per heavy atom. The Kier molecular flexibility index (Phi) is 8.55. The lowest BCUT2D eigenvalue weighted by Crippen LogP contribution is -2.31. The smallest absolute Gasteiger partial charge is 0.265 e. The molecule has 0 saturated carbocycles. The van der Waals surface area contributed by atoms with Crippen molar-refractivity contribution in [3.8, 4) is 0 Å². The van der Waals surface area contributed by atoms with Gasteiger partial charge in [0.15, 0.2) is 0 Å². The molecule has 0 unspecified atom stereocenters. The molecule has 4 heterocycles. The van der Waals surface area contributed by atoms with Crippen molar-refractivity contribution in [3.05, 3.63) is 79.5 Å². The Hall–Kier alpha value is -2.39. The molecule has 234 valence electrons. The van der Waals surface area contributed by atoms with Gasteiger partial charge in [0.2, 0.25) is 11.8 Å². The van der Waals surface area contributed by atoms with E-state index in [1.807, 2.05) is 23.1 Å². The molecular formula is C33H32BrIN4O4S2. The van der Waals surface area contributed by atoms with Crippen LogP contribution in [0.15, 0.2) is 69.0 Å². The van der Waals surface area contributed by atoms with Crippen LogP contribution in [0.25, 0.3) is 10.9 Å². The molecule has 0 spiro atoms. The zero-order chi connectivity index (χ0) is 31.5. The molecule has 4 aromatic rings. The first-order valence-corrected chi connectivity index (χ1v) is 19.2. The van der Waals surface area contributed by atoms with Crippen molar-refractivity contribution in [1.29, 1.82) is 0 Å². The highest BCUT2D eigenvalue weighted by Crippen LogP contribution is 2.40. The number of hydrogen-bond donors (Lipinski definition) is 0. The first-order valence-electron chi connectivity index (χ1n) is 15.1. The van der Waals surface area contributed by atoms with E-state index in [1.54, 1.807) is 36.3 Å². The molecule has 1 aromatic heterocycles. The standard InChI is InChI=1S/C33H32BrIN4O4S2/c1-21(40)37-12-7-24-17-26(34)32(20-29(24)37)45(42,43)39-14-9-23-6-5-22(15-30(23)39)16-33(41)38-13-8-25-18-27(35)31(19-28(25)38)44-36-10-3-2-4-11-36/h5-7,12,15,17-20H,2-4,8-11,13-14,16H2,1H3. The molecule has 45 heavy (non-hydrogen) atoms. The van der Waals surface area contributed by atoms with Crippen LogP contribution in [0.4, 0.5) is 11.4 Å². The number of sulfonamides is 1. The maximum absolute atomic E-state index is 14.1. The molecule has 8 nitrogen and oxygen atoms in total. The highest BCUT2D eigenvalue weighted by atomic mass is 127. The van der Waals surface area contributed by atoms with E-state index in [9.17, 15) is 18.0 Å². The molecule has 1 fully saturated rings. The number of piperidine rings is 1. The summed E-state index contributed by atoms with van der Waals surface area (Å²) in [5.74, 6) is -0.182. The summed E-state index contributed by atoms with van der Waals surface area (Å²) in [6.45, 7) is 4.57. The second kappa shape index (κ2) is 12.3. The van der Waals surface area contributed by atoms with Crippen LogP contribution in [0, 0.1) is 3.57 Å². The van der Waals surface area contributed by atoms with E-state index in [2.05, 4.69) is 55.0 Å². The molecule has 7 rings (SSSR count). The van der Waals surface area contributed by atoms with Gasteiger partial charge in [-0.25, -0.2) is 12.7 Å². The molecule has 1 saturated heterocycles. The molecule has 0 aliphatic carbocycles. The third-order valence-corrected chi connectivity index (χ3v) is 14.1. The maximum atomic E-state index is 14.1. The zero-order valence-corrected chi connectivity index (χ0v) is 30.1. The lowest BCUT2D eigenvalue weighted by molar-refractivity contribution is -0.117. The summed E-state index contributed by atoms with van der Waals surface area (Å²) >= 11 is 7.67. The number of rotatable bonds is 6. The summed E-state index contributed by atoms with van der Waals surface area (Å²) in [7, 11) is -3.96. The van der Waals surface area contributed by atoms with Crippen molar-refractivity contribution < 1.29 is 18.0 Å². The monoisotopic (exact) mass is 818 g/mol. The highest BCUT2D eigenvalue weighted by molar-refractivity contribution is 14.1. The van der Waals surface area contributed by atoms with Crippen molar-refractivity contribution >= 4 is 94.6 Å². The van der Waals surface area contributed by atoms with Crippen molar-refractivity contribution in [2.24, 2.45) is 0 Å². The summed E-state index contributed by atoms with van der Waals surface area (Å²) in [6, 6.07) is 15.2. The molecule has 0 N–H and O–H groups in total. The maximum Gasteiger partial charge on any atom is 0.265 e. The summed E-state index contributed by atoms with van der Waals surface area (Å²) < 4.78 is 35.1. The number of anilines is 2. The van der Waals surface area contributed by atoms with E-state index in [0.717, 1.165) is 41.7 Å². The van der Waals surface area contributed by atoms with Gasteiger partial charge in [-0.1, -0.05) is 18.6 Å². The molecule has 0 bridgehead atoms. The summed E-state index contributed by atoms with van der Waals surface area (Å²) in [6.07, 6.45) is 6.98. The minimum atomic E-state index is -3.96. The van der Waals surface area contributed by atoms with E-state index < -0.39 is 10.0 Å². The van der Waals surface area contributed by atoms with Gasteiger partial charge < -0.3 is 4.90 Å². The third-order valence-electron chi connectivity index (χ3n) is 8.88. The van der Waals surface area contributed by atoms with E-state index >= 15 is 0 Å². The van der Waals surface area contributed by atoms with Crippen molar-refractivity contribution in [2.45, 2.75) is 55.2 Å². The molecule has 0 radical (unpaired) electrons. The summed E-state index contributed by atoms with van der Waals surface area (Å²) in [5, 5.41) is 0.772. The Labute approximate surface area is 289 Å². The van der Waals surface area contributed by atoms with E-state index in [0.29, 0.717) is 35.2 Å². The Balaban J connectivity index is 1.14. The Bertz CT molecular complexity index is 1970. The van der Waals surface area contributed by atoms with Crippen molar-refractivity contribution in [2.75, 3.05) is 35.4 Å². The van der Waals surface area contributed by atoms with Gasteiger partial charge in [-0.3, -0.25) is 18.5 Å². The number of halogens is 2. The second-order valence-corrected chi connectivity index (χ2v) is 16.8. The van der Waals surface area contributed by atoms with E-state index in [4.69, 9.17) is 0 Å². The summed E-state index contributed by atoms with van der Waals surface area (Å²) in [5.41, 5.74) is 5.04. The van der Waals surface area contributed by atoms with Crippen LogP contribution in [0.5, 0.6) is 0 Å². The van der Waals surface area contributed by atoms with Crippen molar-refractivity contribution in [1.82, 2.24) is 8.87 Å². The van der Waals surface area contributed by atoms with E-state index in [1.165, 1.54) is 49.1 Å². The van der Waals surface area contributed by atoms with Crippen molar-refractivity contribution in [3.63, 3.8) is 0 Å². The number of hydrogen-bond acceptors (Lipinski definition) is 6. The fraction of sp³-hybridized carbons (Fsp3) is 0.333. The van der Waals surface area contributed by atoms with Gasteiger partial charge in [0.1, 0.15) is 4.90 Å². The first kappa shape index (κ1) is 31.2. The van der Waals surface area contributed by atoms with Gasteiger partial charge in [-0.2, -0.15) is 0 Å². The third kappa shape index (κ3) is 5.85. The van der Waals surface area contributed by atoms with E-state index in [-0.39, 0.29) is 23.1 Å². The average Bonchev–Trinajstić information content (AvgIpc) is 3.74. The molecule has 12 heteroatoms. The predicted molar refractivity (Wildman–Crippen MR) is 191 cm³/mol.